The van der Waals surface area contributed by atoms with Gasteiger partial charge in [0.2, 0.25) is 0 Å². The van der Waals surface area contributed by atoms with Gasteiger partial charge in [-0.2, -0.15) is 0 Å². The molecule has 0 bridgehead atoms. The summed E-state index contributed by atoms with van der Waals surface area (Å²) in [6, 6.07) is 7.30. The fourth-order valence-electron chi connectivity index (χ4n) is 2.13. The fraction of sp³-hybridized carbons (Fsp3) is 0.500. The van der Waals surface area contributed by atoms with Gasteiger partial charge in [0.25, 0.3) is 0 Å². The summed E-state index contributed by atoms with van der Waals surface area (Å²) < 4.78 is 0. The molecule has 0 aliphatic carbocycles. The molecule has 0 amide bonds. The van der Waals surface area contributed by atoms with Gasteiger partial charge in [0.05, 0.1) is 6.10 Å². The number of hydrogen-bond donors (Lipinski definition) is 3. The number of likely N-dealkylation sites (tertiary alicyclic amines) is 1. The summed E-state index contributed by atoms with van der Waals surface area (Å²) in [6.07, 6.45) is 1.54. The lowest BCUT2D eigenvalue weighted by atomic mass is 9.80. The molecule has 1 aromatic carbocycles. The van der Waals surface area contributed by atoms with Crippen LogP contribution in [0.15, 0.2) is 24.3 Å². The minimum absolute atomic E-state index is 0.141. The molecule has 0 atom stereocenters. The van der Waals surface area contributed by atoms with Crippen LogP contribution in [-0.2, 0) is 6.54 Å². The van der Waals surface area contributed by atoms with Gasteiger partial charge >= 0.3 is 7.12 Å². The molecule has 4 nitrogen and oxygen atoms in total. The molecule has 0 aromatic heterocycles. The third-order valence-electron chi connectivity index (χ3n) is 3.24. The van der Waals surface area contributed by atoms with Gasteiger partial charge in [-0.25, -0.2) is 0 Å². The Kier molecular flexibility index (Phi) is 4.18. The van der Waals surface area contributed by atoms with Crippen molar-refractivity contribution in [3.05, 3.63) is 29.8 Å². The highest BCUT2D eigenvalue weighted by atomic mass is 16.4. The smallest absolute Gasteiger partial charge is 0.423 e. The van der Waals surface area contributed by atoms with Gasteiger partial charge in [-0.3, -0.25) is 4.90 Å². The zero-order valence-corrected chi connectivity index (χ0v) is 9.79. The van der Waals surface area contributed by atoms with E-state index in [1.807, 2.05) is 12.1 Å². The number of nitrogens with zero attached hydrogens (tertiary/aromatic N) is 1. The van der Waals surface area contributed by atoms with Crippen molar-refractivity contribution in [3.63, 3.8) is 0 Å². The lowest BCUT2D eigenvalue weighted by molar-refractivity contribution is 0.0792. The number of piperidine rings is 1. The number of rotatable bonds is 3. The molecule has 0 spiro atoms. The molecule has 1 aromatic rings. The van der Waals surface area contributed by atoms with Crippen LogP contribution in [0.25, 0.3) is 0 Å². The molecule has 17 heavy (non-hydrogen) atoms. The van der Waals surface area contributed by atoms with E-state index in [-0.39, 0.29) is 6.10 Å². The molecule has 92 valence electrons. The van der Waals surface area contributed by atoms with Gasteiger partial charge in [0.15, 0.2) is 0 Å². The second kappa shape index (κ2) is 5.64. The number of benzene rings is 1. The van der Waals surface area contributed by atoms with Crippen LogP contribution in [0.1, 0.15) is 18.4 Å². The summed E-state index contributed by atoms with van der Waals surface area (Å²) >= 11 is 0. The first-order chi connectivity index (χ1) is 8.15. The Hall–Kier alpha value is -0.875. The maximum absolute atomic E-state index is 9.41. The Balaban J connectivity index is 1.90. The van der Waals surface area contributed by atoms with Gasteiger partial charge in [-0.05, 0) is 23.9 Å². The first-order valence-electron chi connectivity index (χ1n) is 6.00. The average molecular weight is 235 g/mol. The molecule has 1 fully saturated rings. The van der Waals surface area contributed by atoms with Gasteiger partial charge in [-0.15, -0.1) is 0 Å². The van der Waals surface area contributed by atoms with Crippen LogP contribution in [-0.4, -0.2) is 46.4 Å². The normalized spacial score (nSPS) is 18.3. The Labute approximate surface area is 102 Å². The van der Waals surface area contributed by atoms with Crippen LogP contribution < -0.4 is 5.46 Å². The Morgan fingerprint density at radius 1 is 1.12 bits per heavy atom. The quantitative estimate of drug-likeness (QED) is 0.607. The van der Waals surface area contributed by atoms with Gasteiger partial charge in [0.1, 0.15) is 0 Å². The molecule has 1 aliphatic heterocycles. The lowest BCUT2D eigenvalue weighted by Gasteiger charge is -2.29. The largest absolute Gasteiger partial charge is 0.488 e. The fourth-order valence-corrected chi connectivity index (χ4v) is 2.13. The third-order valence-corrected chi connectivity index (χ3v) is 3.24. The van der Waals surface area contributed by atoms with Crippen LogP contribution in [0.5, 0.6) is 0 Å². The van der Waals surface area contributed by atoms with Crippen molar-refractivity contribution in [3.8, 4) is 0 Å². The van der Waals surface area contributed by atoms with E-state index in [2.05, 4.69) is 4.90 Å². The molecule has 1 saturated heterocycles. The molecule has 0 radical (unpaired) electrons. The minimum atomic E-state index is -1.39. The van der Waals surface area contributed by atoms with E-state index >= 15 is 0 Å². The van der Waals surface area contributed by atoms with Crippen molar-refractivity contribution in [2.24, 2.45) is 0 Å². The Morgan fingerprint density at radius 2 is 1.71 bits per heavy atom. The monoisotopic (exact) mass is 235 g/mol. The van der Waals surface area contributed by atoms with Crippen molar-refractivity contribution in [2.75, 3.05) is 13.1 Å². The summed E-state index contributed by atoms with van der Waals surface area (Å²) in [4.78, 5) is 2.30. The standard InChI is InChI=1S/C12H18BNO3/c15-12-5-7-14(8-6-12)9-10-1-3-11(4-2-10)13(16)17/h1-4,12,15-17H,5-9H2. The highest BCUT2D eigenvalue weighted by molar-refractivity contribution is 6.58. The molecular formula is C12H18BNO3. The molecule has 0 saturated carbocycles. The zero-order chi connectivity index (χ0) is 12.3. The lowest BCUT2D eigenvalue weighted by Crippen LogP contribution is -2.35. The molecule has 1 heterocycles. The summed E-state index contributed by atoms with van der Waals surface area (Å²) in [5, 5.41) is 27.4. The van der Waals surface area contributed by atoms with E-state index in [0.29, 0.717) is 5.46 Å². The van der Waals surface area contributed by atoms with E-state index in [1.165, 1.54) is 0 Å². The number of aliphatic hydroxyl groups excluding tert-OH is 1. The van der Waals surface area contributed by atoms with Crippen LogP contribution in [0, 0.1) is 0 Å². The Morgan fingerprint density at radius 3 is 2.24 bits per heavy atom. The van der Waals surface area contributed by atoms with Crippen molar-refractivity contribution < 1.29 is 15.2 Å². The van der Waals surface area contributed by atoms with Crippen LogP contribution >= 0.6 is 0 Å². The molecule has 2 rings (SSSR count). The van der Waals surface area contributed by atoms with Gasteiger partial charge in [0, 0.05) is 19.6 Å². The van der Waals surface area contributed by atoms with Crippen molar-refractivity contribution in [1.29, 1.82) is 0 Å². The van der Waals surface area contributed by atoms with Gasteiger partial charge in [-0.1, -0.05) is 24.3 Å². The molecule has 5 heteroatoms. The van der Waals surface area contributed by atoms with Crippen LogP contribution in [0.2, 0.25) is 0 Å². The highest BCUT2D eigenvalue weighted by Gasteiger charge is 2.17. The second-order valence-electron chi connectivity index (χ2n) is 4.62. The first-order valence-corrected chi connectivity index (χ1v) is 6.00. The summed E-state index contributed by atoms with van der Waals surface area (Å²) in [5.74, 6) is 0. The third kappa shape index (κ3) is 3.54. The maximum atomic E-state index is 9.41. The maximum Gasteiger partial charge on any atom is 0.488 e. The summed E-state index contributed by atoms with van der Waals surface area (Å²) in [6.45, 7) is 2.70. The Bertz CT molecular complexity index is 347. The highest BCUT2D eigenvalue weighted by Crippen LogP contribution is 2.13. The number of aliphatic hydroxyl groups is 1. The van der Waals surface area contributed by atoms with E-state index in [1.54, 1.807) is 12.1 Å². The minimum Gasteiger partial charge on any atom is -0.423 e. The molecular weight excluding hydrogens is 217 g/mol. The van der Waals surface area contributed by atoms with Gasteiger partial charge < -0.3 is 15.2 Å². The predicted molar refractivity (Wildman–Crippen MR) is 66.8 cm³/mol. The number of hydrogen-bond acceptors (Lipinski definition) is 4. The van der Waals surface area contributed by atoms with Crippen molar-refractivity contribution in [1.82, 2.24) is 4.90 Å². The SMILES string of the molecule is OB(O)c1ccc(CN2CCC(O)CC2)cc1. The molecule has 0 unspecified atom stereocenters. The van der Waals surface area contributed by atoms with Crippen LogP contribution in [0.3, 0.4) is 0 Å². The van der Waals surface area contributed by atoms with E-state index in [9.17, 15) is 5.11 Å². The van der Waals surface area contributed by atoms with E-state index in [4.69, 9.17) is 10.0 Å². The average Bonchev–Trinajstić information content (AvgIpc) is 2.33. The predicted octanol–water partition coefficient (Wildman–Crippen LogP) is -0.677. The van der Waals surface area contributed by atoms with E-state index < -0.39 is 7.12 Å². The summed E-state index contributed by atoms with van der Waals surface area (Å²) in [5.41, 5.74) is 1.67. The van der Waals surface area contributed by atoms with E-state index in [0.717, 1.165) is 38.0 Å². The van der Waals surface area contributed by atoms with Crippen molar-refractivity contribution in [2.45, 2.75) is 25.5 Å². The summed E-state index contributed by atoms with van der Waals surface area (Å²) in [7, 11) is -1.39. The zero-order valence-electron chi connectivity index (χ0n) is 9.79. The first kappa shape index (κ1) is 12.6. The molecule has 3 N–H and O–H groups in total. The second-order valence-corrected chi connectivity index (χ2v) is 4.62. The van der Waals surface area contributed by atoms with Crippen molar-refractivity contribution >= 4 is 12.6 Å². The topological polar surface area (TPSA) is 63.9 Å². The van der Waals surface area contributed by atoms with Crippen LogP contribution in [0.4, 0.5) is 0 Å². The molecule has 1 aliphatic rings.